The monoisotopic (exact) mass is 1810 g/mol. The summed E-state index contributed by atoms with van der Waals surface area (Å²) < 4.78 is 16.9. The molecule has 11 aromatic rings. The largest absolute Gasteiger partial charge is 0.487 e. The van der Waals surface area contributed by atoms with Crippen LogP contribution in [0.4, 0.5) is 0 Å². The van der Waals surface area contributed by atoms with E-state index in [9.17, 15) is 0 Å². The Bertz CT molecular complexity index is 4690. The first-order valence-corrected chi connectivity index (χ1v) is 57.6. The number of rotatable bonds is 66. The number of aromatic nitrogens is 2. The van der Waals surface area contributed by atoms with Gasteiger partial charge in [0.15, 0.2) is 5.06 Å². The maximum atomic E-state index is 6.23. The second kappa shape index (κ2) is 55.1. The van der Waals surface area contributed by atoms with E-state index in [1.165, 1.54) is 444 Å². The van der Waals surface area contributed by atoms with Gasteiger partial charge < -0.3 is 4.74 Å². The van der Waals surface area contributed by atoms with Crippen molar-refractivity contribution in [1.29, 1.82) is 0 Å². The molecule has 13 heteroatoms. The fourth-order valence-electron chi connectivity index (χ4n) is 18.1. The number of ether oxygens (including phenoxy) is 1. The van der Waals surface area contributed by atoms with E-state index >= 15 is 0 Å². The predicted octanol–water partition coefficient (Wildman–Crippen LogP) is 40.8. The molecular weight excluding hydrogens is 1660 g/mol. The Labute approximate surface area is 776 Å². The average molecular weight is 1820 g/mol. The smallest absolute Gasteiger partial charge is 0.177 e. The Balaban J connectivity index is 0.959. The van der Waals surface area contributed by atoms with Crippen LogP contribution in [0.15, 0.2) is 72.8 Å². The molecule has 0 aliphatic rings. The Morgan fingerprint density at radius 3 is 0.711 bits per heavy atom. The van der Waals surface area contributed by atoms with Crippen molar-refractivity contribution in [3.05, 3.63) is 122 Å². The van der Waals surface area contributed by atoms with Crippen LogP contribution in [0.5, 0.6) is 5.06 Å². The lowest BCUT2D eigenvalue weighted by molar-refractivity contribution is 0.421. The normalized spacial score (nSPS) is 11.9. The van der Waals surface area contributed by atoms with Crippen molar-refractivity contribution in [3.63, 3.8) is 0 Å². The van der Waals surface area contributed by atoms with Crippen LogP contribution in [-0.4, -0.2) is 15.9 Å². The first-order chi connectivity index (χ1) is 59.6. The van der Waals surface area contributed by atoms with E-state index in [1.807, 2.05) is 41.1 Å². The van der Waals surface area contributed by atoms with Crippen LogP contribution in [0.2, 0.25) is 0 Å². The van der Waals surface area contributed by atoms with Gasteiger partial charge in [-0.3, -0.25) is 0 Å². The molecule has 0 amide bonds. The van der Waals surface area contributed by atoms with E-state index in [0.717, 1.165) is 54.6 Å². The molecule has 10 aromatic heterocycles. The zero-order chi connectivity index (χ0) is 84.6. The van der Waals surface area contributed by atoms with Gasteiger partial charge >= 0.3 is 0 Å². The number of nitrogens with zero attached hydrogens (tertiary/aromatic N) is 2. The van der Waals surface area contributed by atoms with Crippen molar-refractivity contribution < 1.29 is 4.74 Å². The molecule has 3 nitrogen and oxygen atoms in total. The van der Waals surface area contributed by atoms with E-state index in [1.54, 1.807) is 27.1 Å². The zero-order valence-corrected chi connectivity index (χ0v) is 85.1. The Hall–Kier alpha value is -3.86. The SMILES string of the molecule is CCCCCCCCc1cc(-c2sc(-c3sc(-c4ccc(-c5cc(CCCCCCCC)c(-c6cc(CCCCCCCC)c(-c7cc(CCCCCCCC)c(-c8ccc(-c9sc(-c%10sc(C)cc%10CCCCCCCC)cc9CCCCCCCC)s8)s7)s6)s5)c5nsnc45)cc3CCCCCCCC)cc2CCCCCCCC)sc1OC. The summed E-state index contributed by atoms with van der Waals surface area (Å²) in [5.41, 5.74) is 16.9. The summed E-state index contributed by atoms with van der Waals surface area (Å²) in [7, 11) is 1.90. The highest BCUT2D eigenvalue weighted by Gasteiger charge is 2.28. The van der Waals surface area contributed by atoms with Crippen LogP contribution in [0.3, 0.4) is 0 Å². The quantitative estimate of drug-likeness (QED) is 0.0356. The maximum absolute atomic E-state index is 6.23. The van der Waals surface area contributed by atoms with Gasteiger partial charge in [-0.25, -0.2) is 0 Å². The molecule has 121 heavy (non-hydrogen) atoms. The van der Waals surface area contributed by atoms with Crippen LogP contribution >= 0.6 is 114 Å². The standard InChI is InChI=1S/C108H154N2OS10/c1-11-19-27-35-43-51-59-80-71-79(9)112-103(80)94-74-83(62-54-46-38-30-22-14-4)101(116-94)90-69-70-91(113-90)102-84(63-55-47-39-31-23-15-5)75-97(117-102)106-85(64-56-48-40-32-24-16-6)76-95(118-106)104-81(60-52-44-36-28-20-12-2)72-92(114-104)88-67-68-89(100-99(88)109-121-110-100)93-73-82(61-53-45-37-29-21-13-3)105(115-93)96-77-86(65-57-49-41-33-25-17-7)107(119-96)98-78-87(108(111-10)120-98)66-58-50-42-34-26-18-8/h67-78H,11-66H2,1-10H3. The summed E-state index contributed by atoms with van der Waals surface area (Å²) in [6, 6.07) is 31.0. The molecule has 0 unspecified atom stereocenters. The summed E-state index contributed by atoms with van der Waals surface area (Å²) in [6.07, 6.45) is 72.1. The third-order valence-corrected chi connectivity index (χ3v) is 37.5. The molecule has 1 aromatic carbocycles. The van der Waals surface area contributed by atoms with Crippen LogP contribution in [0.1, 0.15) is 413 Å². The number of methoxy groups -OCH3 is 1. The second-order valence-corrected chi connectivity index (χ2v) is 45.8. The van der Waals surface area contributed by atoms with Crippen molar-refractivity contribution in [3.8, 4) is 94.2 Å². The molecule has 0 radical (unpaired) electrons. The third kappa shape index (κ3) is 29.6. The number of hydrogen-bond donors (Lipinski definition) is 0. The molecule has 0 aliphatic heterocycles. The third-order valence-electron chi connectivity index (χ3n) is 25.3. The van der Waals surface area contributed by atoms with Crippen molar-refractivity contribution in [2.24, 2.45) is 0 Å². The summed E-state index contributed by atoms with van der Waals surface area (Å²) >= 11 is 20.0. The molecule has 0 bridgehead atoms. The molecule has 0 spiro atoms. The Morgan fingerprint density at radius 2 is 0.430 bits per heavy atom. The molecule has 0 aliphatic carbocycles. The number of hydrogen-bond acceptors (Lipinski definition) is 13. The lowest BCUT2D eigenvalue weighted by Gasteiger charge is -2.04. The first kappa shape index (κ1) is 97.7. The average Bonchev–Trinajstić information content (AvgIpc) is 1.61. The van der Waals surface area contributed by atoms with Gasteiger partial charge in [0.05, 0.1) is 18.8 Å². The van der Waals surface area contributed by atoms with Crippen LogP contribution in [-0.2, 0) is 51.4 Å². The topological polar surface area (TPSA) is 35.0 Å². The highest BCUT2D eigenvalue weighted by molar-refractivity contribution is 7.31. The Morgan fingerprint density at radius 1 is 0.215 bits per heavy atom. The second-order valence-electron chi connectivity index (χ2n) is 35.6. The summed E-state index contributed by atoms with van der Waals surface area (Å²) in [4.78, 5) is 24.9. The van der Waals surface area contributed by atoms with Gasteiger partial charge in [-0.15, -0.1) is 90.7 Å². The van der Waals surface area contributed by atoms with Crippen molar-refractivity contribution >= 4 is 125 Å². The molecule has 0 atom stereocenters. The van der Waals surface area contributed by atoms with Gasteiger partial charge in [0.1, 0.15) is 11.0 Å². The summed E-state index contributed by atoms with van der Waals surface area (Å²) in [5.74, 6) is 0. The van der Waals surface area contributed by atoms with Crippen LogP contribution in [0.25, 0.3) is 100 Å². The van der Waals surface area contributed by atoms with Gasteiger partial charge in [-0.1, -0.05) is 336 Å². The first-order valence-electron chi connectivity index (χ1n) is 49.5. The minimum Gasteiger partial charge on any atom is -0.487 e. The van der Waals surface area contributed by atoms with E-state index < -0.39 is 0 Å². The molecule has 0 saturated carbocycles. The van der Waals surface area contributed by atoms with E-state index in [0.29, 0.717) is 0 Å². The molecule has 11 rings (SSSR count). The summed E-state index contributed by atoms with van der Waals surface area (Å²) in [6.45, 7) is 21.1. The number of thiophene rings is 9. The number of aryl methyl sites for hydroxylation is 9. The molecule has 0 fully saturated rings. The van der Waals surface area contributed by atoms with Crippen LogP contribution in [0, 0.1) is 6.92 Å². The van der Waals surface area contributed by atoms with E-state index in [-0.39, 0.29) is 0 Å². The van der Waals surface area contributed by atoms with Gasteiger partial charge in [0.2, 0.25) is 0 Å². The van der Waals surface area contributed by atoms with Gasteiger partial charge in [-0.05, 0) is 209 Å². The lowest BCUT2D eigenvalue weighted by Crippen LogP contribution is -1.88. The molecule has 0 N–H and O–H groups in total. The maximum Gasteiger partial charge on any atom is 0.177 e. The number of unbranched alkanes of at least 4 members (excludes halogenated alkanes) is 40. The zero-order valence-electron chi connectivity index (χ0n) is 76.9. The number of benzene rings is 1. The van der Waals surface area contributed by atoms with E-state index in [2.05, 4.69) is 203 Å². The summed E-state index contributed by atoms with van der Waals surface area (Å²) in [5, 5.41) is 1.11. The minimum absolute atomic E-state index is 1.06. The van der Waals surface area contributed by atoms with Gasteiger partial charge in [0, 0.05) is 99.6 Å². The molecule has 0 saturated heterocycles. The van der Waals surface area contributed by atoms with Gasteiger partial charge in [-0.2, -0.15) is 8.75 Å². The van der Waals surface area contributed by atoms with Crippen molar-refractivity contribution in [2.45, 2.75) is 422 Å². The van der Waals surface area contributed by atoms with Crippen molar-refractivity contribution in [1.82, 2.24) is 8.75 Å². The predicted molar refractivity (Wildman–Crippen MR) is 555 cm³/mol. The minimum atomic E-state index is 1.06. The van der Waals surface area contributed by atoms with Crippen LogP contribution < -0.4 is 4.74 Å². The fraction of sp³-hybridized carbons (Fsp3) is 0.611. The van der Waals surface area contributed by atoms with E-state index in [4.69, 9.17) is 13.5 Å². The van der Waals surface area contributed by atoms with Crippen molar-refractivity contribution in [2.75, 3.05) is 7.11 Å². The molecule has 10 heterocycles. The molecule has 662 valence electrons. The number of fused-ring (bicyclic) bond motifs is 1. The fourth-order valence-corrected chi connectivity index (χ4v) is 30.0. The Kier molecular flexibility index (Phi) is 44.5. The lowest BCUT2D eigenvalue weighted by atomic mass is 10.0. The van der Waals surface area contributed by atoms with Gasteiger partial charge in [0.25, 0.3) is 0 Å². The highest BCUT2D eigenvalue weighted by Crippen LogP contribution is 2.55. The molecular formula is C108H154N2OS10. The highest BCUT2D eigenvalue weighted by atomic mass is 32.1.